The number of rotatable bonds is 7. The molecule has 1 rings (SSSR count). The first-order chi connectivity index (χ1) is 7.69. The van der Waals surface area contributed by atoms with Crippen LogP contribution in [0.3, 0.4) is 0 Å². The summed E-state index contributed by atoms with van der Waals surface area (Å²) in [6.45, 7) is 10.0. The standard InChI is InChI=1S/C11H23N5/c1-4-15(7-5-6-12)8-11-13-9-14-16(11)10(2)3/h9-10H,4-8,12H2,1-3H3. The number of hydrogen-bond acceptors (Lipinski definition) is 4. The molecule has 0 radical (unpaired) electrons. The summed E-state index contributed by atoms with van der Waals surface area (Å²) in [6.07, 6.45) is 2.66. The van der Waals surface area contributed by atoms with Gasteiger partial charge in [0.1, 0.15) is 12.2 Å². The van der Waals surface area contributed by atoms with Crippen LogP contribution in [0.15, 0.2) is 6.33 Å². The summed E-state index contributed by atoms with van der Waals surface area (Å²) in [7, 11) is 0. The Morgan fingerprint density at radius 1 is 1.50 bits per heavy atom. The second kappa shape index (κ2) is 6.60. The van der Waals surface area contributed by atoms with Crippen LogP contribution in [-0.2, 0) is 6.54 Å². The Balaban J connectivity index is 2.59. The summed E-state index contributed by atoms with van der Waals surface area (Å²) in [4.78, 5) is 6.66. The van der Waals surface area contributed by atoms with Crippen molar-refractivity contribution in [2.24, 2.45) is 5.73 Å². The van der Waals surface area contributed by atoms with Crippen LogP contribution >= 0.6 is 0 Å². The highest BCUT2D eigenvalue weighted by atomic mass is 15.4. The molecule has 0 bridgehead atoms. The van der Waals surface area contributed by atoms with Crippen molar-refractivity contribution >= 4 is 0 Å². The SMILES string of the molecule is CCN(CCCN)Cc1ncnn1C(C)C. The van der Waals surface area contributed by atoms with Crippen molar-refractivity contribution in [3.63, 3.8) is 0 Å². The monoisotopic (exact) mass is 225 g/mol. The zero-order valence-corrected chi connectivity index (χ0v) is 10.6. The van der Waals surface area contributed by atoms with Gasteiger partial charge in [-0.25, -0.2) is 9.67 Å². The van der Waals surface area contributed by atoms with Crippen LogP contribution in [0.2, 0.25) is 0 Å². The molecule has 0 aromatic carbocycles. The minimum atomic E-state index is 0.366. The predicted octanol–water partition coefficient (Wildman–Crippen LogP) is 1.03. The van der Waals surface area contributed by atoms with Crippen molar-refractivity contribution in [1.82, 2.24) is 19.7 Å². The fourth-order valence-electron chi connectivity index (χ4n) is 1.68. The molecule has 2 N–H and O–H groups in total. The van der Waals surface area contributed by atoms with Crippen molar-refractivity contribution in [1.29, 1.82) is 0 Å². The van der Waals surface area contributed by atoms with E-state index in [2.05, 4.69) is 35.8 Å². The van der Waals surface area contributed by atoms with Gasteiger partial charge in [0.2, 0.25) is 0 Å². The van der Waals surface area contributed by atoms with Crippen molar-refractivity contribution < 1.29 is 0 Å². The minimum Gasteiger partial charge on any atom is -0.330 e. The molecule has 92 valence electrons. The van der Waals surface area contributed by atoms with Crippen LogP contribution in [0.1, 0.15) is 39.1 Å². The molecular formula is C11H23N5. The molecule has 0 spiro atoms. The van der Waals surface area contributed by atoms with E-state index in [0.717, 1.165) is 38.4 Å². The summed E-state index contributed by atoms with van der Waals surface area (Å²) in [6, 6.07) is 0.366. The van der Waals surface area contributed by atoms with Crippen LogP contribution in [0.4, 0.5) is 0 Å². The van der Waals surface area contributed by atoms with E-state index in [1.165, 1.54) is 0 Å². The summed E-state index contributed by atoms with van der Waals surface area (Å²) < 4.78 is 1.98. The Bertz CT molecular complexity index is 294. The first-order valence-corrected chi connectivity index (χ1v) is 5.99. The highest BCUT2D eigenvalue weighted by molar-refractivity contribution is 4.86. The van der Waals surface area contributed by atoms with Gasteiger partial charge in [0.05, 0.1) is 6.54 Å². The van der Waals surface area contributed by atoms with Gasteiger partial charge in [0.15, 0.2) is 0 Å². The zero-order valence-electron chi connectivity index (χ0n) is 10.6. The van der Waals surface area contributed by atoms with Crippen LogP contribution in [0.5, 0.6) is 0 Å². The average Bonchev–Trinajstić information content (AvgIpc) is 2.72. The van der Waals surface area contributed by atoms with Gasteiger partial charge in [-0.3, -0.25) is 4.90 Å². The molecule has 0 aliphatic carbocycles. The van der Waals surface area contributed by atoms with Gasteiger partial charge in [-0.1, -0.05) is 6.92 Å². The van der Waals surface area contributed by atoms with Crippen molar-refractivity contribution in [3.05, 3.63) is 12.2 Å². The van der Waals surface area contributed by atoms with E-state index < -0.39 is 0 Å². The Hall–Kier alpha value is -0.940. The van der Waals surface area contributed by atoms with Crippen molar-refractivity contribution in [2.75, 3.05) is 19.6 Å². The Kier molecular flexibility index (Phi) is 5.42. The van der Waals surface area contributed by atoms with Gasteiger partial charge < -0.3 is 5.73 Å². The molecular weight excluding hydrogens is 202 g/mol. The molecule has 0 unspecified atom stereocenters. The lowest BCUT2D eigenvalue weighted by Gasteiger charge is -2.20. The third-order valence-electron chi connectivity index (χ3n) is 2.63. The predicted molar refractivity (Wildman–Crippen MR) is 65.0 cm³/mol. The quantitative estimate of drug-likeness (QED) is 0.753. The molecule has 0 saturated heterocycles. The molecule has 16 heavy (non-hydrogen) atoms. The van der Waals surface area contributed by atoms with E-state index in [4.69, 9.17) is 5.73 Å². The molecule has 1 aromatic heterocycles. The van der Waals surface area contributed by atoms with Crippen LogP contribution in [0.25, 0.3) is 0 Å². The van der Waals surface area contributed by atoms with E-state index in [9.17, 15) is 0 Å². The fourth-order valence-corrected chi connectivity index (χ4v) is 1.68. The highest BCUT2D eigenvalue weighted by Crippen LogP contribution is 2.08. The van der Waals surface area contributed by atoms with Gasteiger partial charge in [-0.2, -0.15) is 5.10 Å². The second-order valence-corrected chi connectivity index (χ2v) is 4.23. The first-order valence-electron chi connectivity index (χ1n) is 5.99. The smallest absolute Gasteiger partial charge is 0.141 e. The number of hydrogen-bond donors (Lipinski definition) is 1. The molecule has 0 aliphatic heterocycles. The van der Waals surface area contributed by atoms with Gasteiger partial charge >= 0.3 is 0 Å². The zero-order chi connectivity index (χ0) is 12.0. The summed E-state index contributed by atoms with van der Waals surface area (Å²) in [5, 5.41) is 4.24. The normalized spacial score (nSPS) is 11.6. The Labute approximate surface area is 97.6 Å². The van der Waals surface area contributed by atoms with Gasteiger partial charge in [-0.15, -0.1) is 0 Å². The van der Waals surface area contributed by atoms with Crippen molar-refractivity contribution in [3.8, 4) is 0 Å². The maximum absolute atomic E-state index is 5.52. The van der Waals surface area contributed by atoms with E-state index in [-0.39, 0.29) is 0 Å². The van der Waals surface area contributed by atoms with Crippen molar-refractivity contribution in [2.45, 2.75) is 39.8 Å². The van der Waals surface area contributed by atoms with E-state index in [1.54, 1.807) is 6.33 Å². The highest BCUT2D eigenvalue weighted by Gasteiger charge is 2.11. The topological polar surface area (TPSA) is 60.0 Å². The second-order valence-electron chi connectivity index (χ2n) is 4.23. The average molecular weight is 225 g/mol. The lowest BCUT2D eigenvalue weighted by atomic mass is 10.3. The fraction of sp³-hybridized carbons (Fsp3) is 0.818. The Morgan fingerprint density at radius 3 is 2.81 bits per heavy atom. The summed E-state index contributed by atoms with van der Waals surface area (Å²) >= 11 is 0. The number of aromatic nitrogens is 3. The lowest BCUT2D eigenvalue weighted by molar-refractivity contribution is 0.262. The van der Waals surface area contributed by atoms with Gasteiger partial charge in [-0.05, 0) is 39.9 Å². The Morgan fingerprint density at radius 2 is 2.25 bits per heavy atom. The van der Waals surface area contributed by atoms with E-state index in [1.807, 2.05) is 4.68 Å². The van der Waals surface area contributed by atoms with Crippen LogP contribution in [-0.4, -0.2) is 39.3 Å². The third kappa shape index (κ3) is 3.57. The molecule has 5 nitrogen and oxygen atoms in total. The van der Waals surface area contributed by atoms with Gasteiger partial charge in [0.25, 0.3) is 0 Å². The summed E-state index contributed by atoms with van der Waals surface area (Å²) in [5.74, 6) is 1.04. The third-order valence-corrected chi connectivity index (χ3v) is 2.63. The molecule has 0 saturated carbocycles. The number of nitrogens with two attached hydrogens (primary N) is 1. The minimum absolute atomic E-state index is 0.366. The van der Waals surface area contributed by atoms with E-state index in [0.29, 0.717) is 6.04 Å². The molecule has 0 fully saturated rings. The first kappa shape index (κ1) is 13.1. The lowest BCUT2D eigenvalue weighted by Crippen LogP contribution is -2.27. The van der Waals surface area contributed by atoms with Crippen LogP contribution in [0, 0.1) is 0 Å². The molecule has 1 heterocycles. The molecule has 0 aliphatic rings. The van der Waals surface area contributed by atoms with Crippen LogP contribution < -0.4 is 5.73 Å². The molecule has 1 aromatic rings. The molecule has 5 heteroatoms. The molecule has 0 amide bonds. The molecule has 0 atom stereocenters. The maximum atomic E-state index is 5.52. The number of nitrogens with zero attached hydrogens (tertiary/aromatic N) is 4. The van der Waals surface area contributed by atoms with E-state index >= 15 is 0 Å². The largest absolute Gasteiger partial charge is 0.330 e. The summed E-state index contributed by atoms with van der Waals surface area (Å²) in [5.41, 5.74) is 5.52. The van der Waals surface area contributed by atoms with Gasteiger partial charge in [0, 0.05) is 6.04 Å². The maximum Gasteiger partial charge on any atom is 0.141 e.